The highest BCUT2D eigenvalue weighted by atomic mass is 19.3. The molecule has 7 aromatic rings. The molecule has 0 bridgehead atoms. The van der Waals surface area contributed by atoms with Gasteiger partial charge in [0, 0.05) is 43.4 Å². The summed E-state index contributed by atoms with van der Waals surface area (Å²) < 4.78 is 80.9. The molecule has 1 saturated carbocycles. The van der Waals surface area contributed by atoms with Gasteiger partial charge in [-0.1, -0.05) is 81.4 Å². The van der Waals surface area contributed by atoms with E-state index in [1.54, 1.807) is 39.8 Å². The van der Waals surface area contributed by atoms with Gasteiger partial charge in [-0.05, 0) is 160 Å². The second-order valence-corrected chi connectivity index (χ2v) is 29.1. The van der Waals surface area contributed by atoms with Crippen LogP contribution in [0.15, 0.2) is 132 Å². The van der Waals surface area contributed by atoms with E-state index < -0.39 is 71.1 Å². The molecule has 578 valence electrons. The number of carbonyl (C=O) groups excluding carboxylic acids is 7. The van der Waals surface area contributed by atoms with E-state index in [4.69, 9.17) is 42.3 Å². The van der Waals surface area contributed by atoms with Crippen molar-refractivity contribution in [1.29, 1.82) is 0 Å². The van der Waals surface area contributed by atoms with Crippen molar-refractivity contribution in [3.63, 3.8) is 0 Å². The molecule has 1 fully saturated rings. The van der Waals surface area contributed by atoms with Crippen LogP contribution < -0.4 is 30.9 Å². The van der Waals surface area contributed by atoms with Crippen LogP contribution >= 0.6 is 0 Å². The zero-order chi connectivity index (χ0) is 76.9. The molecule has 10 rings (SSSR count). The van der Waals surface area contributed by atoms with Gasteiger partial charge in [0.25, 0.3) is 18.2 Å². The Labute approximate surface area is 627 Å². The van der Waals surface area contributed by atoms with Crippen molar-refractivity contribution in [2.75, 3.05) is 103 Å². The smallest absolute Gasteiger partial charge is 0.416 e. The predicted molar refractivity (Wildman–Crippen MR) is 396 cm³/mol. The van der Waals surface area contributed by atoms with Crippen LogP contribution in [0.25, 0.3) is 17.1 Å². The lowest BCUT2D eigenvalue weighted by Crippen LogP contribution is -2.58. The van der Waals surface area contributed by atoms with Crippen molar-refractivity contribution in [3.05, 3.63) is 173 Å². The van der Waals surface area contributed by atoms with Crippen LogP contribution in [0.5, 0.6) is 5.75 Å². The maximum atomic E-state index is 15.2. The molecule has 0 radical (unpaired) electrons. The maximum absolute atomic E-state index is 15.2. The second kappa shape index (κ2) is 38.2. The minimum Gasteiger partial charge on any atom is -0.491 e. The van der Waals surface area contributed by atoms with Crippen molar-refractivity contribution in [2.24, 2.45) is 23.2 Å². The molecule has 1 unspecified atom stereocenters. The van der Waals surface area contributed by atoms with Gasteiger partial charge in [0.15, 0.2) is 17.2 Å². The number of hydrogen-bond donors (Lipinski definition) is 4. The standard InChI is InChI=1S/C80H98F2N10O16/c1-51(90(8)77(98)107-49-53-15-10-9-11-16-53)72(94)88-70(79(2,3)4)69(93)62-45-58-43-60(28-25-56(58)44-63(62)74(96)85-64-20-14-18-54-17-12-13-19-61(54)64)105-42-41-104-40-39-103-38-37-102-36-35-101-34-33-100-32-31-84-73(95)55-23-26-59(27-24-55)92-48-65(68(89-92)71(81)82)86-75(97)66-50-106-76(87-66)57-29-30-83-67(46-57)91(47-52-21-22-52)78(99)108-80(5,6)7/h9-13,15-17,19,23-30,43,46,48,50-52,62-64,70-71H,14,18,20-22,31-42,44-45,47,49H2,1-8H3,(H,84,95)(H,85,96)(H,86,97)(H,88,94)/t51-,62?,63+,64+,70+/m0/s1. The molecule has 108 heavy (non-hydrogen) atoms. The van der Waals surface area contributed by atoms with E-state index >= 15 is 4.79 Å². The lowest BCUT2D eigenvalue weighted by Gasteiger charge is -2.39. The van der Waals surface area contributed by atoms with E-state index in [0.717, 1.165) is 65.3 Å². The van der Waals surface area contributed by atoms with Gasteiger partial charge in [-0.2, -0.15) is 5.10 Å². The number of nitrogens with one attached hydrogen (secondary N) is 4. The number of aromatic nitrogens is 4. The number of halogens is 2. The Morgan fingerprint density at radius 2 is 1.36 bits per heavy atom. The van der Waals surface area contributed by atoms with Gasteiger partial charge in [0.05, 0.1) is 102 Å². The third-order valence-corrected chi connectivity index (χ3v) is 18.7. The average molecular weight is 1490 g/mol. The third kappa shape index (κ3) is 23.0. The highest BCUT2D eigenvalue weighted by Crippen LogP contribution is 2.39. The Hall–Kier alpha value is -10.0. The number of oxazole rings is 1. The topological polar surface area (TPSA) is 305 Å². The number of pyridine rings is 1. The van der Waals surface area contributed by atoms with Crippen molar-refractivity contribution in [1.82, 2.24) is 40.6 Å². The molecule has 5 atom stereocenters. The van der Waals surface area contributed by atoms with Gasteiger partial charge in [-0.25, -0.2) is 33.0 Å². The van der Waals surface area contributed by atoms with Crippen LogP contribution in [0.2, 0.25) is 0 Å². The largest absolute Gasteiger partial charge is 0.491 e. The molecular formula is C80H98F2N10O16. The highest BCUT2D eigenvalue weighted by Gasteiger charge is 2.46. The Bertz CT molecular complexity index is 4180. The minimum atomic E-state index is -3.05. The first-order valence-corrected chi connectivity index (χ1v) is 36.7. The lowest BCUT2D eigenvalue weighted by atomic mass is 9.69. The van der Waals surface area contributed by atoms with Crippen molar-refractivity contribution >= 4 is 53.1 Å². The number of aryl methyl sites for hydroxylation is 1. The molecule has 3 aromatic heterocycles. The van der Waals surface area contributed by atoms with Gasteiger partial charge < -0.3 is 63.6 Å². The summed E-state index contributed by atoms with van der Waals surface area (Å²) in [5, 5.41) is 15.6. The average Bonchev–Trinajstić information content (AvgIpc) is 0.979. The summed E-state index contributed by atoms with van der Waals surface area (Å²) in [6.07, 6.45) is 4.64. The molecule has 3 aliphatic carbocycles. The van der Waals surface area contributed by atoms with Crippen LogP contribution in [0.1, 0.15) is 141 Å². The normalized spacial score (nSPS) is 16.1. The Morgan fingerprint density at radius 3 is 2.03 bits per heavy atom. The van der Waals surface area contributed by atoms with Gasteiger partial charge >= 0.3 is 12.2 Å². The number of nitrogens with zero attached hydrogens (tertiary/aromatic N) is 6. The predicted octanol–water partition coefficient (Wildman–Crippen LogP) is 11.4. The summed E-state index contributed by atoms with van der Waals surface area (Å²) in [7, 11) is 1.48. The second-order valence-electron chi connectivity index (χ2n) is 29.1. The van der Waals surface area contributed by atoms with Crippen molar-refractivity contribution in [2.45, 2.75) is 130 Å². The summed E-state index contributed by atoms with van der Waals surface area (Å²) in [5.74, 6) is -2.52. The molecule has 4 N–H and O–H groups in total. The zero-order valence-electron chi connectivity index (χ0n) is 62.5. The summed E-state index contributed by atoms with van der Waals surface area (Å²) in [5.41, 5.74) is 3.28. The van der Waals surface area contributed by atoms with E-state index in [0.29, 0.717) is 93.5 Å². The van der Waals surface area contributed by atoms with Gasteiger partial charge in [-0.15, -0.1) is 0 Å². The van der Waals surface area contributed by atoms with E-state index in [9.17, 15) is 37.5 Å². The number of hydrogen-bond acceptors (Lipinski definition) is 19. The summed E-state index contributed by atoms with van der Waals surface area (Å²) in [6.45, 7) is 16.6. The van der Waals surface area contributed by atoms with Crippen LogP contribution in [0.3, 0.4) is 0 Å². The molecule has 0 saturated heterocycles. The summed E-state index contributed by atoms with van der Waals surface area (Å²) in [6, 6.07) is 30.2. The number of anilines is 2. The number of carbonyl (C=O) groups is 7. The van der Waals surface area contributed by atoms with E-state index in [-0.39, 0.29) is 86.9 Å². The van der Waals surface area contributed by atoms with Gasteiger partial charge in [0.2, 0.25) is 17.7 Å². The van der Waals surface area contributed by atoms with Crippen molar-refractivity contribution < 1.29 is 84.7 Å². The zero-order valence-corrected chi connectivity index (χ0v) is 62.5. The summed E-state index contributed by atoms with van der Waals surface area (Å²) >= 11 is 0. The molecule has 0 aliphatic heterocycles. The SMILES string of the molecule is C[C@@H](C(=O)N[C@H](C(=O)C1Cc2cc(OCCOCCOCCOCCOCCOCCNC(=O)c3ccc(-n4cc(NC(=O)c5coc(-c6ccnc(N(CC7CC7)C(=O)OC(C)(C)C)c6)n5)c(C(F)F)n4)cc3)ccc2C[C@H]1C(=O)N[C@@H]1CCCc2ccccc21)C(C)(C)C)N(C)C(=O)OCc1ccccc1. The van der Waals surface area contributed by atoms with E-state index in [1.165, 1.54) is 59.1 Å². The first-order chi connectivity index (χ1) is 51.9. The van der Waals surface area contributed by atoms with Crippen molar-refractivity contribution in [3.8, 4) is 22.9 Å². The molecule has 28 heteroatoms. The number of amides is 6. The Balaban J connectivity index is 0.586. The number of likely N-dealkylation sites (N-methyl/N-ethyl adjacent to an activating group) is 1. The summed E-state index contributed by atoms with van der Waals surface area (Å²) in [4.78, 5) is 108. The molecule has 6 amide bonds. The monoisotopic (exact) mass is 1490 g/mol. The Kier molecular flexibility index (Phi) is 28.5. The molecule has 3 aliphatic rings. The number of rotatable bonds is 37. The van der Waals surface area contributed by atoms with Gasteiger partial charge in [-0.3, -0.25) is 33.8 Å². The van der Waals surface area contributed by atoms with Crippen LogP contribution in [-0.4, -0.2) is 177 Å². The molecule has 0 spiro atoms. The lowest BCUT2D eigenvalue weighted by molar-refractivity contribution is -0.139. The fraction of sp³-hybridized carbons (Fsp3) is 0.475. The minimum absolute atomic E-state index is 0.0311. The Morgan fingerprint density at radius 1 is 0.704 bits per heavy atom. The maximum Gasteiger partial charge on any atom is 0.416 e. The third-order valence-electron chi connectivity index (χ3n) is 18.7. The number of fused-ring (bicyclic) bond motifs is 2. The number of ketones is 1. The van der Waals surface area contributed by atoms with Crippen LogP contribution in [0, 0.1) is 23.2 Å². The number of ether oxygens (including phenoxy) is 8. The number of Topliss-reactive ketones (excluding diaryl/α,β-unsaturated/α-hetero) is 1. The number of benzene rings is 4. The van der Waals surface area contributed by atoms with E-state index in [2.05, 4.69) is 48.5 Å². The number of alkyl halides is 2. The highest BCUT2D eigenvalue weighted by molar-refractivity contribution is 6.03. The molecular weight excluding hydrogens is 1390 g/mol. The van der Waals surface area contributed by atoms with Crippen LogP contribution in [-0.2, 0) is 73.4 Å². The molecule has 4 aromatic carbocycles. The van der Waals surface area contributed by atoms with Crippen LogP contribution in [0.4, 0.5) is 29.9 Å². The quantitative estimate of drug-likeness (QED) is 0.0263. The van der Waals surface area contributed by atoms with Gasteiger partial charge in [0.1, 0.15) is 42.7 Å². The molecule has 3 heterocycles. The fourth-order valence-corrected chi connectivity index (χ4v) is 12.6. The molecule has 26 nitrogen and oxygen atoms in total. The first kappa shape index (κ1) is 80.5. The van der Waals surface area contributed by atoms with E-state index in [1.807, 2.05) is 81.4 Å². The first-order valence-electron chi connectivity index (χ1n) is 36.7. The fourth-order valence-electron chi connectivity index (χ4n) is 12.6.